The fraction of sp³-hybridized carbons (Fsp3) is 0.435. The standard InChI is InChI=1S/C23H27FN4O3/c1-15-11-16(2)22(25-13-15)26-7-9-27(10-8-26)23(31)19-5-3-17(12-20(19)24)28-18(14-29)4-6-21(28)30/h3,5,11-13,18,29H,4,6-10,14H2,1-2H3/t18-/m0/s1. The van der Waals surface area contributed by atoms with Gasteiger partial charge in [0.2, 0.25) is 5.91 Å². The zero-order valence-corrected chi connectivity index (χ0v) is 17.8. The first-order chi connectivity index (χ1) is 14.9. The predicted molar refractivity (Wildman–Crippen MR) is 116 cm³/mol. The molecule has 4 rings (SSSR count). The second-order valence-electron chi connectivity index (χ2n) is 8.24. The summed E-state index contributed by atoms with van der Waals surface area (Å²) in [7, 11) is 0. The second kappa shape index (κ2) is 8.63. The highest BCUT2D eigenvalue weighted by Gasteiger charge is 2.32. The molecule has 164 valence electrons. The van der Waals surface area contributed by atoms with Crippen molar-refractivity contribution < 1.29 is 19.1 Å². The van der Waals surface area contributed by atoms with Gasteiger partial charge in [-0.15, -0.1) is 0 Å². The van der Waals surface area contributed by atoms with Crippen LogP contribution in [0.2, 0.25) is 0 Å². The molecule has 2 aliphatic heterocycles. The number of nitrogens with zero attached hydrogens (tertiary/aromatic N) is 4. The van der Waals surface area contributed by atoms with Gasteiger partial charge in [-0.1, -0.05) is 6.07 Å². The number of pyridine rings is 1. The fourth-order valence-electron chi connectivity index (χ4n) is 4.43. The molecule has 0 spiro atoms. The average molecular weight is 426 g/mol. The molecule has 2 aromatic rings. The Balaban J connectivity index is 1.45. The quantitative estimate of drug-likeness (QED) is 0.812. The Bertz CT molecular complexity index is 1000. The SMILES string of the molecule is Cc1cnc(N2CCN(C(=O)c3ccc(N4C(=O)CC[C@H]4CO)cc3F)CC2)c(C)c1. The second-order valence-corrected chi connectivity index (χ2v) is 8.24. The number of rotatable bonds is 4. The van der Waals surface area contributed by atoms with Crippen molar-refractivity contribution in [3.63, 3.8) is 0 Å². The molecule has 31 heavy (non-hydrogen) atoms. The van der Waals surface area contributed by atoms with Gasteiger partial charge in [0.1, 0.15) is 11.6 Å². The highest BCUT2D eigenvalue weighted by atomic mass is 19.1. The van der Waals surface area contributed by atoms with Crippen molar-refractivity contribution in [1.82, 2.24) is 9.88 Å². The van der Waals surface area contributed by atoms with E-state index in [1.54, 1.807) is 11.0 Å². The lowest BCUT2D eigenvalue weighted by molar-refractivity contribution is -0.117. The number of aromatic nitrogens is 1. The first kappa shape index (κ1) is 21.2. The van der Waals surface area contributed by atoms with E-state index in [4.69, 9.17) is 0 Å². The summed E-state index contributed by atoms with van der Waals surface area (Å²) >= 11 is 0. The maximum atomic E-state index is 14.8. The van der Waals surface area contributed by atoms with E-state index in [1.807, 2.05) is 20.0 Å². The average Bonchev–Trinajstić information content (AvgIpc) is 3.14. The van der Waals surface area contributed by atoms with Gasteiger partial charge in [-0.05, 0) is 49.6 Å². The number of hydrogen-bond donors (Lipinski definition) is 1. The summed E-state index contributed by atoms with van der Waals surface area (Å²) in [5.74, 6) is -0.239. The van der Waals surface area contributed by atoms with E-state index >= 15 is 0 Å². The molecular weight excluding hydrogens is 399 g/mol. The van der Waals surface area contributed by atoms with Gasteiger partial charge in [-0.2, -0.15) is 0 Å². The van der Waals surface area contributed by atoms with Gasteiger partial charge < -0.3 is 19.8 Å². The summed E-state index contributed by atoms with van der Waals surface area (Å²) < 4.78 is 14.8. The zero-order chi connectivity index (χ0) is 22.1. The first-order valence-corrected chi connectivity index (χ1v) is 10.6. The summed E-state index contributed by atoms with van der Waals surface area (Å²) in [5, 5.41) is 9.48. The summed E-state index contributed by atoms with van der Waals surface area (Å²) in [6.07, 6.45) is 2.70. The molecule has 2 aliphatic rings. The number of anilines is 2. The smallest absolute Gasteiger partial charge is 0.256 e. The third kappa shape index (κ3) is 4.12. The largest absolute Gasteiger partial charge is 0.394 e. The molecule has 1 atom stereocenters. The third-order valence-corrected chi connectivity index (χ3v) is 6.05. The molecule has 2 amide bonds. The van der Waals surface area contributed by atoms with Crippen LogP contribution in [0.3, 0.4) is 0 Å². The number of carbonyl (C=O) groups is 2. The Labute approximate surface area is 181 Å². The highest BCUT2D eigenvalue weighted by Crippen LogP contribution is 2.28. The van der Waals surface area contributed by atoms with E-state index in [-0.39, 0.29) is 30.0 Å². The van der Waals surface area contributed by atoms with Gasteiger partial charge in [0.05, 0.1) is 18.2 Å². The predicted octanol–water partition coefficient (Wildman–Crippen LogP) is 2.29. The van der Waals surface area contributed by atoms with Gasteiger partial charge in [0, 0.05) is 44.5 Å². The molecule has 0 bridgehead atoms. The lowest BCUT2D eigenvalue weighted by atomic mass is 10.1. The molecule has 1 aromatic carbocycles. The molecule has 7 nitrogen and oxygen atoms in total. The number of benzene rings is 1. The van der Waals surface area contributed by atoms with Gasteiger partial charge >= 0.3 is 0 Å². The molecule has 0 unspecified atom stereocenters. The van der Waals surface area contributed by atoms with Crippen molar-refractivity contribution in [2.24, 2.45) is 0 Å². The van der Waals surface area contributed by atoms with Gasteiger partial charge in [0.25, 0.3) is 5.91 Å². The maximum Gasteiger partial charge on any atom is 0.256 e. The molecule has 1 N–H and O–H groups in total. The molecule has 3 heterocycles. The lowest BCUT2D eigenvalue weighted by Gasteiger charge is -2.36. The molecule has 2 fully saturated rings. The highest BCUT2D eigenvalue weighted by molar-refractivity contribution is 5.98. The molecule has 0 radical (unpaired) electrons. The van der Waals surface area contributed by atoms with Crippen LogP contribution in [0.1, 0.15) is 34.3 Å². The number of aliphatic hydroxyl groups excluding tert-OH is 1. The first-order valence-electron chi connectivity index (χ1n) is 10.6. The van der Waals surface area contributed by atoms with Crippen LogP contribution in [0, 0.1) is 19.7 Å². The lowest BCUT2D eigenvalue weighted by Crippen LogP contribution is -2.49. The van der Waals surface area contributed by atoms with Crippen molar-refractivity contribution in [3.8, 4) is 0 Å². The van der Waals surface area contributed by atoms with E-state index in [9.17, 15) is 19.1 Å². The van der Waals surface area contributed by atoms with Crippen molar-refractivity contribution in [2.75, 3.05) is 42.6 Å². The monoisotopic (exact) mass is 426 g/mol. The summed E-state index contributed by atoms with van der Waals surface area (Å²) in [5.41, 5.74) is 2.57. The summed E-state index contributed by atoms with van der Waals surface area (Å²) in [6.45, 7) is 6.07. The number of amides is 2. The zero-order valence-electron chi connectivity index (χ0n) is 17.8. The molecule has 0 saturated carbocycles. The van der Waals surface area contributed by atoms with Crippen molar-refractivity contribution in [2.45, 2.75) is 32.7 Å². The number of carbonyl (C=O) groups excluding carboxylic acids is 2. The topological polar surface area (TPSA) is 77.0 Å². The van der Waals surface area contributed by atoms with Crippen LogP contribution in [-0.2, 0) is 4.79 Å². The van der Waals surface area contributed by atoms with Gasteiger partial charge in [-0.25, -0.2) is 9.37 Å². The number of hydrogen-bond acceptors (Lipinski definition) is 5. The van der Waals surface area contributed by atoms with Crippen molar-refractivity contribution in [1.29, 1.82) is 0 Å². The minimum absolute atomic E-state index is 0.00552. The van der Waals surface area contributed by atoms with Crippen LogP contribution in [0.5, 0.6) is 0 Å². The van der Waals surface area contributed by atoms with Crippen molar-refractivity contribution in [3.05, 3.63) is 53.0 Å². The summed E-state index contributed by atoms with van der Waals surface area (Å²) in [4.78, 5) is 34.8. The number of piperazine rings is 1. The normalized spacial score (nSPS) is 19.3. The Morgan fingerprint density at radius 1 is 1.19 bits per heavy atom. The molecule has 1 aromatic heterocycles. The molecule has 2 saturated heterocycles. The Hall–Kier alpha value is -3.00. The van der Waals surface area contributed by atoms with Crippen LogP contribution in [-0.4, -0.2) is 65.6 Å². The van der Waals surface area contributed by atoms with Crippen LogP contribution >= 0.6 is 0 Å². The maximum absolute atomic E-state index is 14.8. The van der Waals surface area contributed by atoms with E-state index in [0.717, 1.165) is 16.9 Å². The van der Waals surface area contributed by atoms with Crippen LogP contribution in [0.25, 0.3) is 0 Å². The minimum Gasteiger partial charge on any atom is -0.394 e. The fourth-order valence-corrected chi connectivity index (χ4v) is 4.43. The Morgan fingerprint density at radius 2 is 1.94 bits per heavy atom. The van der Waals surface area contributed by atoms with Crippen molar-refractivity contribution >= 4 is 23.3 Å². The number of halogens is 1. The number of aliphatic hydroxyl groups is 1. The third-order valence-electron chi connectivity index (χ3n) is 6.05. The Kier molecular flexibility index (Phi) is 5.91. The molecule has 8 heteroatoms. The Morgan fingerprint density at radius 3 is 2.58 bits per heavy atom. The van der Waals surface area contributed by atoms with E-state index in [0.29, 0.717) is 44.7 Å². The van der Waals surface area contributed by atoms with Gasteiger partial charge in [-0.3, -0.25) is 9.59 Å². The van der Waals surface area contributed by atoms with Crippen LogP contribution in [0.4, 0.5) is 15.9 Å². The summed E-state index contributed by atoms with van der Waals surface area (Å²) in [6, 6.07) is 5.97. The molecule has 0 aliphatic carbocycles. The minimum atomic E-state index is -0.655. The van der Waals surface area contributed by atoms with E-state index in [2.05, 4.69) is 16.0 Å². The van der Waals surface area contributed by atoms with Gasteiger partial charge in [0.15, 0.2) is 0 Å². The molecular formula is C23H27FN4O3. The number of aryl methyl sites for hydroxylation is 2. The van der Waals surface area contributed by atoms with Crippen LogP contribution < -0.4 is 9.80 Å². The van der Waals surface area contributed by atoms with E-state index in [1.165, 1.54) is 17.0 Å². The van der Waals surface area contributed by atoms with Crippen LogP contribution in [0.15, 0.2) is 30.5 Å². The van der Waals surface area contributed by atoms with E-state index < -0.39 is 5.82 Å².